The Labute approximate surface area is 187 Å². The molecular weight excluding hydrogens is 406 g/mol. The number of thioether (sulfide) groups is 1. The molecule has 0 spiro atoms. The standard InChI is InChI=1S/C24H27N5OS/c30-22(25-19-11-13-20(14-12-19)28-15-5-2-6-16-28)17-31-24-27-26-23(18-9-10-18)29(24)21-7-3-1-4-8-21/h1,3-4,7-8,11-14,18H,2,5-6,9-10,15-17H2,(H,25,30). The molecule has 0 atom stereocenters. The van der Waals surface area contributed by atoms with Crippen LogP contribution in [0.1, 0.15) is 43.8 Å². The number of para-hydroxylation sites is 1. The van der Waals surface area contributed by atoms with Gasteiger partial charge in [0.15, 0.2) is 5.16 Å². The molecule has 2 heterocycles. The van der Waals surface area contributed by atoms with Crippen LogP contribution >= 0.6 is 11.8 Å². The van der Waals surface area contributed by atoms with Gasteiger partial charge >= 0.3 is 0 Å². The number of carbonyl (C=O) groups excluding carboxylic acids is 1. The lowest BCUT2D eigenvalue weighted by molar-refractivity contribution is -0.113. The van der Waals surface area contributed by atoms with E-state index in [1.165, 1.54) is 36.7 Å². The van der Waals surface area contributed by atoms with Crippen molar-refractivity contribution in [1.82, 2.24) is 14.8 Å². The van der Waals surface area contributed by atoms with Crippen molar-refractivity contribution in [2.24, 2.45) is 0 Å². The number of aromatic nitrogens is 3. The van der Waals surface area contributed by atoms with Crippen molar-refractivity contribution in [2.45, 2.75) is 43.2 Å². The highest BCUT2D eigenvalue weighted by atomic mass is 32.2. The van der Waals surface area contributed by atoms with Crippen LogP contribution in [-0.2, 0) is 4.79 Å². The quantitative estimate of drug-likeness (QED) is 0.539. The zero-order valence-electron chi connectivity index (χ0n) is 17.5. The molecule has 1 aliphatic heterocycles. The van der Waals surface area contributed by atoms with Gasteiger partial charge in [-0.2, -0.15) is 0 Å². The summed E-state index contributed by atoms with van der Waals surface area (Å²) in [6.07, 6.45) is 6.15. The van der Waals surface area contributed by atoms with Crippen molar-refractivity contribution in [2.75, 3.05) is 29.1 Å². The Morgan fingerprint density at radius 3 is 2.39 bits per heavy atom. The lowest BCUT2D eigenvalue weighted by Crippen LogP contribution is -2.29. The average molecular weight is 434 g/mol. The second kappa shape index (κ2) is 9.14. The third kappa shape index (κ3) is 4.77. The molecule has 1 saturated heterocycles. The largest absolute Gasteiger partial charge is 0.372 e. The topological polar surface area (TPSA) is 63.1 Å². The van der Waals surface area contributed by atoms with E-state index in [0.29, 0.717) is 11.7 Å². The van der Waals surface area contributed by atoms with Crippen LogP contribution in [0, 0.1) is 0 Å². The summed E-state index contributed by atoms with van der Waals surface area (Å²) in [6.45, 7) is 2.24. The van der Waals surface area contributed by atoms with E-state index in [4.69, 9.17) is 0 Å². The molecule has 160 valence electrons. The molecule has 1 saturated carbocycles. The summed E-state index contributed by atoms with van der Waals surface area (Å²) < 4.78 is 2.10. The zero-order chi connectivity index (χ0) is 21.0. The Morgan fingerprint density at radius 1 is 0.935 bits per heavy atom. The first-order valence-corrected chi connectivity index (χ1v) is 12.0. The van der Waals surface area contributed by atoms with E-state index in [2.05, 4.69) is 49.2 Å². The van der Waals surface area contributed by atoms with Crippen LogP contribution in [0.15, 0.2) is 59.8 Å². The number of piperidine rings is 1. The summed E-state index contributed by atoms with van der Waals surface area (Å²) in [5.74, 6) is 1.74. The van der Waals surface area contributed by atoms with Crippen molar-refractivity contribution in [3.63, 3.8) is 0 Å². The summed E-state index contributed by atoms with van der Waals surface area (Å²) in [4.78, 5) is 15.0. The summed E-state index contributed by atoms with van der Waals surface area (Å²) in [7, 11) is 0. The van der Waals surface area contributed by atoms with Gasteiger partial charge in [0.2, 0.25) is 5.91 Å². The van der Waals surface area contributed by atoms with Crippen LogP contribution in [0.5, 0.6) is 0 Å². The van der Waals surface area contributed by atoms with Crippen LogP contribution < -0.4 is 10.2 Å². The fraction of sp³-hybridized carbons (Fsp3) is 0.375. The molecule has 2 fully saturated rings. The summed E-state index contributed by atoms with van der Waals surface area (Å²) in [5.41, 5.74) is 3.11. The van der Waals surface area contributed by atoms with Crippen molar-refractivity contribution >= 4 is 29.0 Å². The lowest BCUT2D eigenvalue weighted by Gasteiger charge is -2.28. The van der Waals surface area contributed by atoms with E-state index in [0.717, 1.165) is 48.3 Å². The van der Waals surface area contributed by atoms with Gasteiger partial charge < -0.3 is 10.2 Å². The molecular formula is C24H27N5OS. The molecule has 7 heteroatoms. The summed E-state index contributed by atoms with van der Waals surface area (Å²) in [5, 5.41) is 12.6. The number of hydrogen-bond acceptors (Lipinski definition) is 5. The minimum Gasteiger partial charge on any atom is -0.372 e. The third-order valence-corrected chi connectivity index (χ3v) is 6.75. The number of nitrogens with zero attached hydrogens (tertiary/aromatic N) is 4. The first-order chi connectivity index (χ1) is 15.3. The molecule has 2 aromatic carbocycles. The molecule has 0 radical (unpaired) electrons. The number of carbonyl (C=O) groups is 1. The number of benzene rings is 2. The Morgan fingerprint density at radius 2 is 1.68 bits per heavy atom. The van der Waals surface area contributed by atoms with E-state index < -0.39 is 0 Å². The Hall–Kier alpha value is -2.80. The number of nitrogens with one attached hydrogen (secondary N) is 1. The predicted molar refractivity (Wildman–Crippen MR) is 125 cm³/mol. The van der Waals surface area contributed by atoms with Gasteiger partial charge in [0.1, 0.15) is 5.82 Å². The Kier molecular flexibility index (Phi) is 5.93. The van der Waals surface area contributed by atoms with Gasteiger partial charge in [0, 0.05) is 36.1 Å². The molecule has 2 aliphatic rings. The lowest BCUT2D eigenvalue weighted by atomic mass is 10.1. The van der Waals surface area contributed by atoms with Crippen molar-refractivity contribution in [1.29, 1.82) is 0 Å². The minimum absolute atomic E-state index is 0.0358. The molecule has 5 rings (SSSR count). The second-order valence-electron chi connectivity index (χ2n) is 8.22. The first-order valence-electron chi connectivity index (χ1n) is 11.1. The van der Waals surface area contributed by atoms with Crippen LogP contribution in [0.4, 0.5) is 11.4 Å². The fourth-order valence-corrected chi connectivity index (χ4v) is 4.79. The van der Waals surface area contributed by atoms with E-state index in [9.17, 15) is 4.79 Å². The van der Waals surface area contributed by atoms with E-state index >= 15 is 0 Å². The molecule has 1 N–H and O–H groups in total. The molecule has 1 aromatic heterocycles. The first kappa shape index (κ1) is 20.1. The SMILES string of the molecule is O=C(CSc1nnc(C2CC2)n1-c1ccccc1)Nc1ccc(N2CCCCC2)cc1. The molecule has 31 heavy (non-hydrogen) atoms. The van der Waals surface area contributed by atoms with Crippen molar-refractivity contribution in [3.05, 3.63) is 60.4 Å². The summed E-state index contributed by atoms with van der Waals surface area (Å²) in [6, 6.07) is 18.3. The van der Waals surface area contributed by atoms with E-state index in [-0.39, 0.29) is 5.91 Å². The molecule has 0 bridgehead atoms. The van der Waals surface area contributed by atoms with Gasteiger partial charge in [-0.05, 0) is 68.5 Å². The predicted octanol–water partition coefficient (Wildman–Crippen LogP) is 4.87. The highest BCUT2D eigenvalue weighted by Crippen LogP contribution is 2.41. The minimum atomic E-state index is -0.0358. The zero-order valence-corrected chi connectivity index (χ0v) is 18.4. The highest BCUT2D eigenvalue weighted by molar-refractivity contribution is 7.99. The normalized spacial score (nSPS) is 16.3. The van der Waals surface area contributed by atoms with E-state index in [1.807, 2.05) is 30.3 Å². The maximum atomic E-state index is 12.6. The number of hydrogen-bond donors (Lipinski definition) is 1. The number of amides is 1. The third-order valence-electron chi connectivity index (χ3n) is 5.82. The van der Waals surface area contributed by atoms with Gasteiger partial charge in [-0.25, -0.2) is 0 Å². The second-order valence-corrected chi connectivity index (χ2v) is 9.16. The van der Waals surface area contributed by atoms with Gasteiger partial charge in [-0.3, -0.25) is 9.36 Å². The van der Waals surface area contributed by atoms with Gasteiger partial charge in [0.05, 0.1) is 5.75 Å². The summed E-state index contributed by atoms with van der Waals surface area (Å²) >= 11 is 1.43. The maximum absolute atomic E-state index is 12.6. The van der Waals surface area contributed by atoms with Crippen LogP contribution in [-0.4, -0.2) is 39.5 Å². The number of rotatable bonds is 7. The molecule has 1 aliphatic carbocycles. The average Bonchev–Trinajstić information content (AvgIpc) is 3.58. The monoisotopic (exact) mass is 433 g/mol. The molecule has 0 unspecified atom stereocenters. The van der Waals surface area contributed by atoms with Crippen LogP contribution in [0.25, 0.3) is 5.69 Å². The molecule has 3 aromatic rings. The molecule has 6 nitrogen and oxygen atoms in total. The van der Waals surface area contributed by atoms with Crippen LogP contribution in [0.3, 0.4) is 0 Å². The van der Waals surface area contributed by atoms with Gasteiger partial charge in [-0.1, -0.05) is 30.0 Å². The Balaban J connectivity index is 1.22. The van der Waals surface area contributed by atoms with Crippen LogP contribution in [0.2, 0.25) is 0 Å². The van der Waals surface area contributed by atoms with Gasteiger partial charge in [-0.15, -0.1) is 10.2 Å². The van der Waals surface area contributed by atoms with Crippen molar-refractivity contribution in [3.8, 4) is 5.69 Å². The van der Waals surface area contributed by atoms with Gasteiger partial charge in [0.25, 0.3) is 0 Å². The smallest absolute Gasteiger partial charge is 0.234 e. The number of anilines is 2. The van der Waals surface area contributed by atoms with Crippen molar-refractivity contribution < 1.29 is 4.79 Å². The Bertz CT molecular complexity index is 1020. The maximum Gasteiger partial charge on any atom is 0.234 e. The van der Waals surface area contributed by atoms with E-state index in [1.54, 1.807) is 0 Å². The molecule has 1 amide bonds. The fourth-order valence-electron chi connectivity index (χ4n) is 4.04. The highest BCUT2D eigenvalue weighted by Gasteiger charge is 2.31.